The summed E-state index contributed by atoms with van der Waals surface area (Å²) in [5.41, 5.74) is 3.65. The summed E-state index contributed by atoms with van der Waals surface area (Å²) in [7, 11) is 0. The second kappa shape index (κ2) is 4.70. The molecule has 2 aliphatic heterocycles. The number of carbonyl (C=O) groups is 2. The molecule has 0 saturated carbocycles. The molecular formula is C18H12N2O2. The van der Waals surface area contributed by atoms with Crippen molar-refractivity contribution in [3.05, 3.63) is 82.9 Å². The van der Waals surface area contributed by atoms with Gasteiger partial charge >= 0.3 is 0 Å². The average molecular weight is 288 g/mol. The van der Waals surface area contributed by atoms with Crippen LogP contribution in [0.15, 0.2) is 71.8 Å². The van der Waals surface area contributed by atoms with Gasteiger partial charge in [-0.1, -0.05) is 60.7 Å². The Morgan fingerprint density at radius 3 is 1.27 bits per heavy atom. The summed E-state index contributed by atoms with van der Waals surface area (Å²) in [4.78, 5) is 24.7. The van der Waals surface area contributed by atoms with Gasteiger partial charge in [0, 0.05) is 0 Å². The highest BCUT2D eigenvalue weighted by molar-refractivity contribution is 6.30. The van der Waals surface area contributed by atoms with Crippen LogP contribution >= 0.6 is 0 Å². The molecule has 0 spiro atoms. The van der Waals surface area contributed by atoms with E-state index in [1.807, 2.05) is 60.7 Å². The highest BCUT2D eigenvalue weighted by atomic mass is 16.2. The molecule has 0 radical (unpaired) electrons. The molecule has 2 N–H and O–H groups in total. The molecule has 0 bridgehead atoms. The number of amides is 2. The Morgan fingerprint density at radius 2 is 0.909 bits per heavy atom. The topological polar surface area (TPSA) is 58.2 Å². The quantitative estimate of drug-likeness (QED) is 0.888. The van der Waals surface area contributed by atoms with E-state index < -0.39 is 0 Å². The van der Waals surface area contributed by atoms with Crippen molar-refractivity contribution in [2.24, 2.45) is 0 Å². The lowest BCUT2D eigenvalue weighted by Crippen LogP contribution is -2.21. The summed E-state index contributed by atoms with van der Waals surface area (Å²) in [6, 6.07) is 18.8. The first-order chi connectivity index (χ1) is 10.8. The van der Waals surface area contributed by atoms with Crippen molar-refractivity contribution in [3.63, 3.8) is 0 Å². The fourth-order valence-corrected chi connectivity index (χ4v) is 2.82. The van der Waals surface area contributed by atoms with E-state index in [1.54, 1.807) is 0 Å². The van der Waals surface area contributed by atoms with E-state index in [1.165, 1.54) is 0 Å². The fraction of sp³-hybridized carbons (Fsp3) is 0. The molecule has 2 heterocycles. The molecule has 4 heteroatoms. The predicted molar refractivity (Wildman–Crippen MR) is 83.0 cm³/mol. The summed E-state index contributed by atoms with van der Waals surface area (Å²) in [6.07, 6.45) is 0. The number of nitrogens with one attached hydrogen (secondary N) is 2. The van der Waals surface area contributed by atoms with Gasteiger partial charge in [-0.05, 0) is 11.1 Å². The molecule has 106 valence electrons. The van der Waals surface area contributed by atoms with Gasteiger partial charge in [-0.25, -0.2) is 0 Å². The Hall–Kier alpha value is -3.14. The normalized spacial score (nSPS) is 16.7. The third-order valence-corrected chi connectivity index (χ3v) is 3.81. The van der Waals surface area contributed by atoms with E-state index in [4.69, 9.17) is 0 Å². The lowest BCUT2D eigenvalue weighted by atomic mass is 10.0. The first kappa shape index (κ1) is 12.6. The van der Waals surface area contributed by atoms with Crippen LogP contribution in [0.3, 0.4) is 0 Å². The third kappa shape index (κ3) is 1.78. The SMILES string of the molecule is O=C1NC(c2ccccc2)=C2C(=O)NC(c3ccccc3)=C12. The van der Waals surface area contributed by atoms with Gasteiger partial charge in [0.2, 0.25) is 0 Å². The minimum absolute atomic E-state index is 0.244. The minimum atomic E-state index is -0.244. The Kier molecular flexibility index (Phi) is 2.69. The molecule has 0 saturated heterocycles. The molecule has 0 aromatic heterocycles. The summed E-state index contributed by atoms with van der Waals surface area (Å²) in [5.74, 6) is -0.489. The average Bonchev–Trinajstić information content (AvgIpc) is 3.09. The molecule has 4 nitrogen and oxygen atoms in total. The van der Waals surface area contributed by atoms with Crippen molar-refractivity contribution in [2.75, 3.05) is 0 Å². The largest absolute Gasteiger partial charge is 0.321 e. The van der Waals surface area contributed by atoms with Crippen LogP contribution in [0, 0.1) is 0 Å². The van der Waals surface area contributed by atoms with Crippen molar-refractivity contribution >= 4 is 23.2 Å². The molecule has 2 aromatic carbocycles. The molecular weight excluding hydrogens is 276 g/mol. The Morgan fingerprint density at radius 1 is 0.545 bits per heavy atom. The van der Waals surface area contributed by atoms with Crippen LogP contribution in [-0.4, -0.2) is 11.8 Å². The molecule has 0 aliphatic carbocycles. The molecule has 2 aliphatic rings. The smallest absolute Gasteiger partial charge is 0.258 e. The van der Waals surface area contributed by atoms with E-state index >= 15 is 0 Å². The monoisotopic (exact) mass is 288 g/mol. The summed E-state index contributed by atoms with van der Waals surface area (Å²) in [6.45, 7) is 0. The van der Waals surface area contributed by atoms with Crippen molar-refractivity contribution in [3.8, 4) is 0 Å². The number of benzene rings is 2. The molecule has 4 rings (SSSR count). The highest BCUT2D eigenvalue weighted by Gasteiger charge is 2.40. The van der Waals surface area contributed by atoms with E-state index in [-0.39, 0.29) is 11.8 Å². The molecule has 2 aromatic rings. The first-order valence-corrected chi connectivity index (χ1v) is 6.98. The van der Waals surface area contributed by atoms with Gasteiger partial charge in [0.25, 0.3) is 11.8 Å². The van der Waals surface area contributed by atoms with Gasteiger partial charge < -0.3 is 10.6 Å². The molecule has 0 fully saturated rings. The van der Waals surface area contributed by atoms with E-state index in [0.717, 1.165) is 11.1 Å². The standard InChI is InChI=1S/C18H12N2O2/c21-17-13-14(16(20-17)12-9-5-2-6-10-12)18(22)19-15(13)11-7-3-1-4-8-11/h1-10H,(H,19,22)(H,20,21). The van der Waals surface area contributed by atoms with Gasteiger partial charge in [0.05, 0.1) is 22.5 Å². The zero-order chi connectivity index (χ0) is 15.1. The summed E-state index contributed by atoms with van der Waals surface area (Å²) in [5, 5.41) is 5.65. The molecule has 0 atom stereocenters. The van der Waals surface area contributed by atoms with Gasteiger partial charge in [0.15, 0.2) is 0 Å². The summed E-state index contributed by atoms with van der Waals surface area (Å²) >= 11 is 0. The molecule has 0 unspecified atom stereocenters. The lowest BCUT2D eigenvalue weighted by molar-refractivity contribution is -0.117. The maximum absolute atomic E-state index is 12.4. The van der Waals surface area contributed by atoms with Crippen LogP contribution in [0.5, 0.6) is 0 Å². The zero-order valence-electron chi connectivity index (χ0n) is 11.6. The van der Waals surface area contributed by atoms with Crippen LogP contribution < -0.4 is 10.6 Å². The second-order valence-corrected chi connectivity index (χ2v) is 5.14. The van der Waals surface area contributed by atoms with Crippen LogP contribution in [0.25, 0.3) is 11.4 Å². The second-order valence-electron chi connectivity index (χ2n) is 5.14. The number of hydrogen-bond acceptors (Lipinski definition) is 2. The van der Waals surface area contributed by atoms with E-state index in [0.29, 0.717) is 22.5 Å². The number of hydrogen-bond donors (Lipinski definition) is 2. The molecule has 22 heavy (non-hydrogen) atoms. The van der Waals surface area contributed by atoms with Crippen molar-refractivity contribution in [1.82, 2.24) is 10.6 Å². The van der Waals surface area contributed by atoms with Crippen molar-refractivity contribution < 1.29 is 9.59 Å². The van der Waals surface area contributed by atoms with Crippen LogP contribution in [0.1, 0.15) is 11.1 Å². The molecule has 2 amide bonds. The van der Waals surface area contributed by atoms with Crippen LogP contribution in [-0.2, 0) is 9.59 Å². The number of rotatable bonds is 2. The predicted octanol–water partition coefficient (Wildman–Crippen LogP) is 2.07. The van der Waals surface area contributed by atoms with Crippen molar-refractivity contribution in [1.29, 1.82) is 0 Å². The van der Waals surface area contributed by atoms with Gasteiger partial charge in [0.1, 0.15) is 0 Å². The maximum atomic E-state index is 12.4. The zero-order valence-corrected chi connectivity index (χ0v) is 11.6. The Bertz CT molecular complexity index is 776. The minimum Gasteiger partial charge on any atom is -0.321 e. The maximum Gasteiger partial charge on any atom is 0.258 e. The third-order valence-electron chi connectivity index (χ3n) is 3.81. The van der Waals surface area contributed by atoms with Gasteiger partial charge in [-0.15, -0.1) is 0 Å². The van der Waals surface area contributed by atoms with Crippen molar-refractivity contribution in [2.45, 2.75) is 0 Å². The fourth-order valence-electron chi connectivity index (χ4n) is 2.82. The van der Waals surface area contributed by atoms with Crippen LogP contribution in [0.4, 0.5) is 0 Å². The van der Waals surface area contributed by atoms with Gasteiger partial charge in [-0.2, -0.15) is 0 Å². The number of carbonyl (C=O) groups excluding carboxylic acids is 2. The van der Waals surface area contributed by atoms with Crippen LogP contribution in [0.2, 0.25) is 0 Å². The van der Waals surface area contributed by atoms with E-state index in [9.17, 15) is 9.59 Å². The first-order valence-electron chi connectivity index (χ1n) is 6.98. The lowest BCUT2D eigenvalue weighted by Gasteiger charge is -2.06. The van der Waals surface area contributed by atoms with E-state index in [2.05, 4.69) is 10.6 Å². The van der Waals surface area contributed by atoms with Gasteiger partial charge in [-0.3, -0.25) is 9.59 Å². The summed E-state index contributed by atoms with van der Waals surface area (Å²) < 4.78 is 0. The Labute approximate surface area is 127 Å². The number of fused-ring (bicyclic) bond motifs is 1. The highest BCUT2D eigenvalue weighted by Crippen LogP contribution is 2.36. The Balaban J connectivity index is 1.93.